The van der Waals surface area contributed by atoms with Gasteiger partial charge in [-0.2, -0.15) is 0 Å². The van der Waals surface area contributed by atoms with Crippen LogP contribution >= 0.6 is 0 Å². The Labute approximate surface area is 127 Å². The minimum Gasteiger partial charge on any atom is -0.303 e. The molecule has 2 rings (SSSR count). The summed E-state index contributed by atoms with van der Waals surface area (Å²) in [6.07, 6.45) is 4.08. The molecule has 0 aromatic carbocycles. The molecular formula is C17H37N3. The van der Waals surface area contributed by atoms with E-state index in [1.165, 1.54) is 65.1 Å². The molecule has 20 heavy (non-hydrogen) atoms. The topological polar surface area (TPSA) is 9.72 Å². The van der Waals surface area contributed by atoms with E-state index in [-0.39, 0.29) is 0 Å². The highest BCUT2D eigenvalue weighted by Crippen LogP contribution is 2.19. The van der Waals surface area contributed by atoms with Gasteiger partial charge in [0.2, 0.25) is 0 Å². The van der Waals surface area contributed by atoms with Gasteiger partial charge in [-0.15, -0.1) is 0 Å². The van der Waals surface area contributed by atoms with E-state index in [1.807, 2.05) is 13.8 Å². The zero-order chi connectivity index (χ0) is 15.0. The number of nitrogens with zero attached hydrogens (tertiary/aromatic N) is 3. The van der Waals surface area contributed by atoms with Gasteiger partial charge in [-0.1, -0.05) is 20.8 Å². The van der Waals surface area contributed by atoms with Gasteiger partial charge in [0.15, 0.2) is 0 Å². The van der Waals surface area contributed by atoms with Crippen LogP contribution in [0.25, 0.3) is 0 Å². The first-order valence-electron chi connectivity index (χ1n) is 8.91. The van der Waals surface area contributed by atoms with Crippen LogP contribution in [0.2, 0.25) is 0 Å². The van der Waals surface area contributed by atoms with E-state index in [1.54, 1.807) is 0 Å². The maximum Gasteiger partial charge on any atom is 0.0121 e. The summed E-state index contributed by atoms with van der Waals surface area (Å²) < 4.78 is 0. The van der Waals surface area contributed by atoms with Crippen molar-refractivity contribution in [3.8, 4) is 0 Å². The third-order valence-corrected chi connectivity index (χ3v) is 4.69. The Kier molecular flexibility index (Phi) is 8.74. The number of hydrogen-bond acceptors (Lipinski definition) is 3. The van der Waals surface area contributed by atoms with E-state index >= 15 is 0 Å². The third-order valence-electron chi connectivity index (χ3n) is 4.69. The Morgan fingerprint density at radius 1 is 0.900 bits per heavy atom. The Bertz CT molecular complexity index is 226. The average molecular weight is 284 g/mol. The highest BCUT2D eigenvalue weighted by molar-refractivity contribution is 4.84. The van der Waals surface area contributed by atoms with E-state index in [0.29, 0.717) is 0 Å². The van der Waals surface area contributed by atoms with Crippen molar-refractivity contribution in [1.29, 1.82) is 0 Å². The fourth-order valence-corrected chi connectivity index (χ4v) is 3.44. The monoisotopic (exact) mass is 283 g/mol. The smallest absolute Gasteiger partial charge is 0.0121 e. The number of likely N-dealkylation sites (tertiary alicyclic amines) is 1. The fraction of sp³-hybridized carbons (Fsp3) is 1.00. The molecule has 0 spiro atoms. The number of piperazine rings is 1. The van der Waals surface area contributed by atoms with Crippen molar-refractivity contribution >= 4 is 0 Å². The van der Waals surface area contributed by atoms with Crippen molar-refractivity contribution in [3.05, 3.63) is 0 Å². The maximum atomic E-state index is 2.75. The van der Waals surface area contributed by atoms with Crippen molar-refractivity contribution in [3.63, 3.8) is 0 Å². The summed E-state index contributed by atoms with van der Waals surface area (Å²) in [7, 11) is 0. The number of hydrogen-bond donors (Lipinski definition) is 0. The van der Waals surface area contributed by atoms with E-state index in [0.717, 1.165) is 12.1 Å². The average Bonchev–Trinajstić information content (AvgIpc) is 2.50. The largest absolute Gasteiger partial charge is 0.303 e. The van der Waals surface area contributed by atoms with Gasteiger partial charge in [-0.05, 0) is 52.7 Å². The minimum absolute atomic E-state index is 0.721. The van der Waals surface area contributed by atoms with Gasteiger partial charge in [0, 0.05) is 38.3 Å². The van der Waals surface area contributed by atoms with Crippen LogP contribution in [0.5, 0.6) is 0 Å². The highest BCUT2D eigenvalue weighted by Gasteiger charge is 2.27. The predicted molar refractivity (Wildman–Crippen MR) is 89.4 cm³/mol. The summed E-state index contributed by atoms with van der Waals surface area (Å²) in [5.74, 6) is 0. The van der Waals surface area contributed by atoms with Crippen LogP contribution in [0.1, 0.15) is 53.9 Å². The molecule has 2 fully saturated rings. The highest BCUT2D eigenvalue weighted by atomic mass is 15.3. The van der Waals surface area contributed by atoms with Gasteiger partial charge in [-0.25, -0.2) is 0 Å². The summed E-state index contributed by atoms with van der Waals surface area (Å²) in [6, 6.07) is 1.59. The van der Waals surface area contributed by atoms with Crippen molar-refractivity contribution in [2.45, 2.75) is 66.0 Å². The van der Waals surface area contributed by atoms with E-state index in [4.69, 9.17) is 0 Å². The molecule has 0 amide bonds. The standard InChI is InChI=1S/C15H31N3.C2H6/c1-4-7-16-8-5-15(6-9-16)18-12-10-17(11-13-18)14(2)3;1-2/h14-15H,4-13H2,1-3H3;1-2H3. The lowest BCUT2D eigenvalue weighted by atomic mass is 10.0. The first-order valence-corrected chi connectivity index (χ1v) is 8.91. The molecule has 0 aromatic heterocycles. The minimum atomic E-state index is 0.721. The second kappa shape index (κ2) is 9.75. The first-order chi connectivity index (χ1) is 9.70. The lowest BCUT2D eigenvalue weighted by Crippen LogP contribution is -2.54. The number of piperidine rings is 1. The first kappa shape index (κ1) is 17.9. The summed E-state index contributed by atoms with van der Waals surface area (Å²) in [5.41, 5.74) is 0. The van der Waals surface area contributed by atoms with Gasteiger partial charge in [0.05, 0.1) is 0 Å². The van der Waals surface area contributed by atoms with Crippen molar-refractivity contribution < 1.29 is 0 Å². The van der Waals surface area contributed by atoms with Crippen LogP contribution < -0.4 is 0 Å². The molecule has 0 bridgehead atoms. The zero-order valence-corrected chi connectivity index (χ0v) is 14.6. The summed E-state index contributed by atoms with van der Waals surface area (Å²) in [5, 5.41) is 0. The Morgan fingerprint density at radius 3 is 1.90 bits per heavy atom. The molecular weight excluding hydrogens is 246 g/mol. The Hall–Kier alpha value is -0.120. The molecule has 120 valence electrons. The lowest BCUT2D eigenvalue weighted by molar-refractivity contribution is 0.0486. The Balaban J connectivity index is 0.000000956. The van der Waals surface area contributed by atoms with Crippen molar-refractivity contribution in [2.75, 3.05) is 45.8 Å². The summed E-state index contributed by atoms with van der Waals surface area (Å²) in [4.78, 5) is 8.01. The summed E-state index contributed by atoms with van der Waals surface area (Å²) in [6.45, 7) is 20.0. The van der Waals surface area contributed by atoms with E-state index in [2.05, 4.69) is 35.5 Å². The molecule has 2 aliphatic rings. The predicted octanol–water partition coefficient (Wildman–Crippen LogP) is 2.91. The third kappa shape index (κ3) is 5.34. The molecule has 3 nitrogen and oxygen atoms in total. The molecule has 2 aliphatic heterocycles. The molecule has 0 saturated carbocycles. The second-order valence-electron chi connectivity index (χ2n) is 6.24. The molecule has 0 aliphatic carbocycles. The van der Waals surface area contributed by atoms with Crippen LogP contribution in [0.4, 0.5) is 0 Å². The van der Waals surface area contributed by atoms with Crippen LogP contribution in [-0.2, 0) is 0 Å². The SMILES string of the molecule is CC.CCCN1CCC(N2CCN(C(C)C)CC2)CC1. The van der Waals surface area contributed by atoms with Crippen molar-refractivity contribution in [2.24, 2.45) is 0 Å². The van der Waals surface area contributed by atoms with Gasteiger partial charge in [0.25, 0.3) is 0 Å². The van der Waals surface area contributed by atoms with Crippen molar-refractivity contribution in [1.82, 2.24) is 14.7 Å². The Morgan fingerprint density at radius 2 is 1.45 bits per heavy atom. The van der Waals surface area contributed by atoms with Gasteiger partial charge in [0.1, 0.15) is 0 Å². The van der Waals surface area contributed by atoms with E-state index < -0.39 is 0 Å². The van der Waals surface area contributed by atoms with Gasteiger partial charge < -0.3 is 4.90 Å². The maximum absolute atomic E-state index is 2.75. The second-order valence-corrected chi connectivity index (χ2v) is 6.24. The molecule has 2 heterocycles. The van der Waals surface area contributed by atoms with Crippen LogP contribution in [0.15, 0.2) is 0 Å². The zero-order valence-electron chi connectivity index (χ0n) is 14.6. The van der Waals surface area contributed by atoms with E-state index in [9.17, 15) is 0 Å². The quantitative estimate of drug-likeness (QED) is 0.785. The lowest BCUT2D eigenvalue weighted by Gasteiger charge is -2.43. The van der Waals surface area contributed by atoms with Crippen LogP contribution in [-0.4, -0.2) is 72.6 Å². The van der Waals surface area contributed by atoms with Crippen LogP contribution in [0, 0.1) is 0 Å². The van der Waals surface area contributed by atoms with Gasteiger partial charge in [-0.3, -0.25) is 9.80 Å². The molecule has 3 heteroatoms. The fourth-order valence-electron chi connectivity index (χ4n) is 3.44. The molecule has 2 saturated heterocycles. The van der Waals surface area contributed by atoms with Gasteiger partial charge >= 0.3 is 0 Å². The molecule has 0 unspecified atom stereocenters. The molecule has 0 atom stereocenters. The number of rotatable bonds is 4. The molecule has 0 radical (unpaired) electrons. The normalized spacial score (nSPS) is 23.7. The molecule has 0 N–H and O–H groups in total. The van der Waals surface area contributed by atoms with Crippen LogP contribution in [0.3, 0.4) is 0 Å². The molecule has 0 aromatic rings. The summed E-state index contributed by atoms with van der Waals surface area (Å²) >= 11 is 0.